The Bertz CT molecular complexity index is 1590. The summed E-state index contributed by atoms with van der Waals surface area (Å²) < 4.78 is 14.2. The van der Waals surface area contributed by atoms with Gasteiger partial charge in [0.05, 0.1) is 24.7 Å². The molecule has 0 saturated heterocycles. The summed E-state index contributed by atoms with van der Waals surface area (Å²) in [5.41, 5.74) is 4.23. The molecule has 10 nitrogen and oxygen atoms in total. The number of ether oxygens (including phenoxy) is 2. The van der Waals surface area contributed by atoms with E-state index in [1.54, 1.807) is 67.2 Å². The second kappa shape index (κ2) is 12.1. The number of rotatable bonds is 8. The summed E-state index contributed by atoms with van der Waals surface area (Å²) in [4.78, 5) is 37.7. The highest BCUT2D eigenvalue weighted by molar-refractivity contribution is 6.39. The quantitative estimate of drug-likeness (QED) is 0.198. The van der Waals surface area contributed by atoms with Gasteiger partial charge in [0.2, 0.25) is 0 Å². The fraction of sp³-hybridized carbons (Fsp3) is 0.143. The van der Waals surface area contributed by atoms with E-state index in [2.05, 4.69) is 15.8 Å². The summed E-state index contributed by atoms with van der Waals surface area (Å²) >= 11 is 6.18. The maximum absolute atomic E-state index is 12.9. The molecule has 1 heterocycles. The van der Waals surface area contributed by atoms with Gasteiger partial charge in [-0.15, -0.1) is 0 Å². The number of aromatic nitrogens is 2. The Balaban J connectivity index is 1.39. The Morgan fingerprint density at radius 3 is 2.44 bits per heavy atom. The Morgan fingerprint density at radius 2 is 1.72 bits per heavy atom. The largest absolute Gasteiger partial charge is 0.493 e. The van der Waals surface area contributed by atoms with Crippen LogP contribution in [0.1, 0.15) is 16.8 Å². The SMILES string of the molecule is COc1cc(C=NNC(=O)C(=O)Nc2c(C)n(C)n(-c3ccccc3)c2=O)ccc1OCc1ccccc1Cl. The molecule has 200 valence electrons. The Labute approximate surface area is 229 Å². The number of hydrogen-bond acceptors (Lipinski definition) is 6. The number of hydrogen-bond donors (Lipinski definition) is 2. The summed E-state index contributed by atoms with van der Waals surface area (Å²) in [7, 11) is 3.19. The van der Waals surface area contributed by atoms with Gasteiger partial charge in [0.25, 0.3) is 5.56 Å². The third-order valence-electron chi connectivity index (χ3n) is 5.91. The van der Waals surface area contributed by atoms with E-state index in [9.17, 15) is 14.4 Å². The number of nitrogens with zero attached hydrogens (tertiary/aromatic N) is 3. The van der Waals surface area contributed by atoms with Crippen molar-refractivity contribution in [3.63, 3.8) is 0 Å². The number of amides is 2. The second-order valence-electron chi connectivity index (χ2n) is 8.38. The molecular formula is C28H26ClN5O5. The van der Waals surface area contributed by atoms with Gasteiger partial charge in [0.1, 0.15) is 12.3 Å². The Kier molecular flexibility index (Phi) is 8.47. The molecule has 0 aliphatic carbocycles. The number of para-hydroxylation sites is 1. The highest BCUT2D eigenvalue weighted by atomic mass is 35.5. The van der Waals surface area contributed by atoms with Gasteiger partial charge >= 0.3 is 11.8 Å². The van der Waals surface area contributed by atoms with Gasteiger partial charge in [-0.2, -0.15) is 5.10 Å². The molecule has 0 bridgehead atoms. The van der Waals surface area contributed by atoms with Gasteiger partial charge in [-0.3, -0.25) is 19.1 Å². The van der Waals surface area contributed by atoms with Crippen molar-refractivity contribution in [1.29, 1.82) is 0 Å². The predicted octanol–water partition coefficient (Wildman–Crippen LogP) is 3.81. The molecule has 4 rings (SSSR count). The van der Waals surface area contributed by atoms with Crippen LogP contribution >= 0.6 is 11.6 Å². The van der Waals surface area contributed by atoms with Crippen LogP contribution in [0.15, 0.2) is 82.7 Å². The zero-order valence-corrected chi connectivity index (χ0v) is 22.2. The van der Waals surface area contributed by atoms with Gasteiger partial charge in [-0.1, -0.05) is 48.0 Å². The summed E-state index contributed by atoms with van der Waals surface area (Å²) in [5, 5.41) is 6.83. The molecule has 0 saturated carbocycles. The molecule has 11 heteroatoms. The molecule has 0 aliphatic heterocycles. The first-order chi connectivity index (χ1) is 18.8. The first-order valence-electron chi connectivity index (χ1n) is 11.8. The Hall–Kier alpha value is -4.83. The minimum absolute atomic E-state index is 0.00241. The molecule has 1 aromatic heterocycles. The lowest BCUT2D eigenvalue weighted by Gasteiger charge is -2.12. The maximum Gasteiger partial charge on any atom is 0.329 e. The lowest BCUT2D eigenvalue weighted by molar-refractivity contribution is -0.136. The van der Waals surface area contributed by atoms with E-state index < -0.39 is 17.4 Å². The van der Waals surface area contributed by atoms with E-state index in [1.807, 2.05) is 24.3 Å². The van der Waals surface area contributed by atoms with Crippen molar-refractivity contribution in [2.45, 2.75) is 13.5 Å². The van der Waals surface area contributed by atoms with E-state index in [1.165, 1.54) is 18.0 Å². The van der Waals surface area contributed by atoms with Crippen molar-refractivity contribution in [2.75, 3.05) is 12.4 Å². The first kappa shape index (κ1) is 27.2. The topological polar surface area (TPSA) is 116 Å². The van der Waals surface area contributed by atoms with Crippen molar-refractivity contribution in [3.05, 3.63) is 105 Å². The fourth-order valence-electron chi connectivity index (χ4n) is 3.75. The Morgan fingerprint density at radius 1 is 1.00 bits per heavy atom. The number of halogens is 1. The minimum Gasteiger partial charge on any atom is -0.493 e. The van der Waals surface area contributed by atoms with E-state index >= 15 is 0 Å². The molecule has 4 aromatic rings. The first-order valence-corrected chi connectivity index (χ1v) is 12.2. The zero-order valence-electron chi connectivity index (χ0n) is 21.5. The highest BCUT2D eigenvalue weighted by Crippen LogP contribution is 2.29. The molecule has 0 radical (unpaired) electrons. The van der Waals surface area contributed by atoms with Crippen LogP contribution in [-0.2, 0) is 23.2 Å². The molecule has 0 fully saturated rings. The van der Waals surface area contributed by atoms with Crippen LogP contribution in [0.5, 0.6) is 11.5 Å². The van der Waals surface area contributed by atoms with Crippen molar-refractivity contribution < 1.29 is 19.1 Å². The fourth-order valence-corrected chi connectivity index (χ4v) is 3.94. The number of benzene rings is 3. The predicted molar refractivity (Wildman–Crippen MR) is 149 cm³/mol. The molecule has 0 unspecified atom stereocenters. The zero-order chi connectivity index (χ0) is 27.9. The second-order valence-corrected chi connectivity index (χ2v) is 8.79. The van der Waals surface area contributed by atoms with Crippen LogP contribution < -0.4 is 25.8 Å². The summed E-state index contributed by atoms with van der Waals surface area (Å²) in [6.45, 7) is 1.92. The summed E-state index contributed by atoms with van der Waals surface area (Å²) in [5.74, 6) is -1.12. The number of hydrazone groups is 1. The molecule has 3 aromatic carbocycles. The third kappa shape index (κ3) is 6.19. The van der Waals surface area contributed by atoms with Crippen LogP contribution in [0.4, 0.5) is 5.69 Å². The lowest BCUT2D eigenvalue weighted by Crippen LogP contribution is -2.34. The van der Waals surface area contributed by atoms with Crippen LogP contribution in [0.3, 0.4) is 0 Å². The third-order valence-corrected chi connectivity index (χ3v) is 6.28. The average Bonchev–Trinajstić information content (AvgIpc) is 3.16. The van der Waals surface area contributed by atoms with Crippen molar-refractivity contribution in [2.24, 2.45) is 12.1 Å². The van der Waals surface area contributed by atoms with Crippen molar-refractivity contribution in [1.82, 2.24) is 14.8 Å². The van der Waals surface area contributed by atoms with E-state index in [4.69, 9.17) is 21.1 Å². The molecule has 0 spiro atoms. The number of carbonyl (C=O) groups is 2. The van der Waals surface area contributed by atoms with E-state index in [0.29, 0.717) is 33.5 Å². The van der Waals surface area contributed by atoms with Crippen LogP contribution in [-0.4, -0.2) is 34.5 Å². The minimum atomic E-state index is -1.04. The molecule has 0 aliphatic rings. The molecule has 0 atom stereocenters. The normalized spacial score (nSPS) is 10.9. The molecule has 2 amide bonds. The van der Waals surface area contributed by atoms with Gasteiger partial charge < -0.3 is 14.8 Å². The monoisotopic (exact) mass is 547 g/mol. The van der Waals surface area contributed by atoms with Crippen molar-refractivity contribution in [3.8, 4) is 17.2 Å². The summed E-state index contributed by atoms with van der Waals surface area (Å²) in [6.07, 6.45) is 1.35. The molecular weight excluding hydrogens is 522 g/mol. The lowest BCUT2D eigenvalue weighted by atomic mass is 10.2. The van der Waals surface area contributed by atoms with E-state index in [-0.39, 0.29) is 12.3 Å². The van der Waals surface area contributed by atoms with Crippen LogP contribution in [0, 0.1) is 6.92 Å². The number of methoxy groups -OCH3 is 1. The van der Waals surface area contributed by atoms with Gasteiger partial charge in [-0.25, -0.2) is 10.1 Å². The average molecular weight is 548 g/mol. The van der Waals surface area contributed by atoms with Gasteiger partial charge in [-0.05, 0) is 48.9 Å². The molecule has 39 heavy (non-hydrogen) atoms. The smallest absolute Gasteiger partial charge is 0.329 e. The standard InChI is InChI=1S/C28H26ClN5O5/c1-18-25(28(37)34(33(18)2)21-10-5-4-6-11-21)31-26(35)27(36)32-30-16-19-13-14-23(24(15-19)38-3)39-17-20-9-7-8-12-22(20)29/h4-16H,17H2,1-3H3,(H,31,35)(H,32,36). The van der Waals surface area contributed by atoms with Crippen LogP contribution in [0.25, 0.3) is 5.69 Å². The number of carbonyl (C=O) groups excluding carboxylic acids is 2. The highest BCUT2D eigenvalue weighted by Gasteiger charge is 2.21. The van der Waals surface area contributed by atoms with E-state index in [0.717, 1.165) is 5.56 Å². The summed E-state index contributed by atoms with van der Waals surface area (Å²) in [6, 6.07) is 21.4. The van der Waals surface area contributed by atoms with Gasteiger partial charge in [0, 0.05) is 17.6 Å². The van der Waals surface area contributed by atoms with Gasteiger partial charge in [0.15, 0.2) is 11.5 Å². The maximum atomic E-state index is 12.9. The number of nitrogens with one attached hydrogen (secondary N) is 2. The van der Waals surface area contributed by atoms with Crippen molar-refractivity contribution >= 4 is 35.3 Å². The van der Waals surface area contributed by atoms with Crippen LogP contribution in [0.2, 0.25) is 5.02 Å². The number of anilines is 1. The molecule has 2 N–H and O–H groups in total.